The fourth-order valence-electron chi connectivity index (χ4n) is 2.12. The van der Waals surface area contributed by atoms with Gasteiger partial charge in [0.05, 0.1) is 0 Å². The van der Waals surface area contributed by atoms with Crippen LogP contribution in [0.4, 0.5) is 5.69 Å². The number of carbonyl (C=O) groups is 2. The lowest BCUT2D eigenvalue weighted by Crippen LogP contribution is -2.17. The number of benzene rings is 2. The molecule has 1 heterocycles. The maximum Gasteiger partial charge on any atom is 0.349 e. The number of nitrogens with one attached hydrogen (secondary N) is 1. The number of rotatable bonds is 6. The van der Waals surface area contributed by atoms with Crippen LogP contribution in [0.1, 0.15) is 16.1 Å². The number of ether oxygens (including phenoxy) is 2. The summed E-state index contributed by atoms with van der Waals surface area (Å²) in [4.78, 5) is 23.9. The van der Waals surface area contributed by atoms with Crippen LogP contribution in [0, 0.1) is 6.92 Å². The van der Waals surface area contributed by atoms with Crippen molar-refractivity contribution < 1.29 is 23.6 Å². The molecule has 27 heavy (non-hydrogen) atoms. The van der Waals surface area contributed by atoms with E-state index in [1.54, 1.807) is 61.5 Å². The predicted molar refractivity (Wildman–Crippen MR) is 98.2 cm³/mol. The zero-order valence-corrected chi connectivity index (χ0v) is 15.0. The van der Waals surface area contributed by atoms with Gasteiger partial charge in [0.1, 0.15) is 11.5 Å². The van der Waals surface area contributed by atoms with Crippen LogP contribution in [0.2, 0.25) is 5.02 Å². The first kappa shape index (κ1) is 18.5. The molecule has 0 aliphatic rings. The Labute approximate surface area is 159 Å². The minimum atomic E-state index is -0.589. The number of aromatic nitrogens is 1. The van der Waals surface area contributed by atoms with Gasteiger partial charge in [-0.05, 0) is 60.6 Å². The van der Waals surface area contributed by atoms with Gasteiger partial charge in [0.25, 0.3) is 11.8 Å². The lowest BCUT2D eigenvalue weighted by molar-refractivity contribution is -0.136. The number of anilines is 1. The maximum atomic E-state index is 12.1. The first-order chi connectivity index (χ1) is 13.0. The molecule has 0 saturated heterocycles. The number of hydrogen-bond donors (Lipinski definition) is 1. The summed E-state index contributed by atoms with van der Waals surface area (Å²) >= 11 is 5.80. The molecule has 7 nitrogen and oxygen atoms in total. The number of hydrogen-bond acceptors (Lipinski definition) is 6. The second-order valence-electron chi connectivity index (χ2n) is 5.52. The van der Waals surface area contributed by atoms with E-state index in [9.17, 15) is 9.59 Å². The van der Waals surface area contributed by atoms with Crippen LogP contribution in [0.25, 0.3) is 0 Å². The van der Waals surface area contributed by atoms with E-state index in [0.717, 1.165) is 0 Å². The first-order valence-electron chi connectivity index (χ1n) is 7.93. The molecule has 0 radical (unpaired) electrons. The molecule has 0 saturated carbocycles. The number of amides is 1. The Balaban J connectivity index is 1.51. The Hall–Kier alpha value is -3.32. The molecule has 0 bridgehead atoms. The lowest BCUT2D eigenvalue weighted by Gasteiger charge is -2.07. The SMILES string of the molecule is Cc1cc(OCC(=O)Oc2ccc(NC(=O)c3ccc(Cl)cc3)cc2)no1. The van der Waals surface area contributed by atoms with Gasteiger partial charge in [0, 0.05) is 22.3 Å². The molecule has 0 aliphatic carbocycles. The van der Waals surface area contributed by atoms with Gasteiger partial charge in [-0.15, -0.1) is 0 Å². The van der Waals surface area contributed by atoms with Crippen LogP contribution in [0.3, 0.4) is 0 Å². The van der Waals surface area contributed by atoms with E-state index in [2.05, 4.69) is 10.5 Å². The standard InChI is InChI=1S/C19H15ClN2O5/c1-12-10-17(22-27-12)25-11-18(23)26-16-8-6-15(7-9-16)21-19(24)13-2-4-14(20)5-3-13/h2-10H,11H2,1H3,(H,21,24). The van der Waals surface area contributed by atoms with Crippen LogP contribution in [-0.4, -0.2) is 23.6 Å². The highest BCUT2D eigenvalue weighted by Crippen LogP contribution is 2.18. The van der Waals surface area contributed by atoms with E-state index in [1.807, 2.05) is 0 Å². The third-order valence-corrected chi connectivity index (χ3v) is 3.65. The molecule has 8 heteroatoms. The first-order valence-corrected chi connectivity index (χ1v) is 8.31. The molecule has 0 atom stereocenters. The zero-order valence-electron chi connectivity index (χ0n) is 14.3. The van der Waals surface area contributed by atoms with E-state index < -0.39 is 5.97 Å². The Kier molecular flexibility index (Phi) is 5.73. The van der Waals surface area contributed by atoms with Gasteiger partial charge >= 0.3 is 5.97 Å². The van der Waals surface area contributed by atoms with E-state index in [4.69, 9.17) is 25.6 Å². The summed E-state index contributed by atoms with van der Waals surface area (Å²) in [7, 11) is 0. The molecule has 0 unspecified atom stereocenters. The minimum Gasteiger partial charge on any atom is -0.463 e. The Morgan fingerprint density at radius 2 is 1.81 bits per heavy atom. The molecular weight excluding hydrogens is 372 g/mol. The van der Waals surface area contributed by atoms with Gasteiger partial charge in [-0.2, -0.15) is 0 Å². The summed E-state index contributed by atoms with van der Waals surface area (Å²) in [5, 5.41) is 6.91. The lowest BCUT2D eigenvalue weighted by atomic mass is 10.2. The highest BCUT2D eigenvalue weighted by Gasteiger charge is 2.10. The molecule has 0 spiro atoms. The second-order valence-corrected chi connectivity index (χ2v) is 5.96. The smallest absolute Gasteiger partial charge is 0.349 e. The molecule has 138 valence electrons. The van der Waals surface area contributed by atoms with Gasteiger partial charge in [0.15, 0.2) is 6.61 Å². The number of esters is 1. The summed E-state index contributed by atoms with van der Waals surface area (Å²) < 4.78 is 15.1. The molecule has 1 amide bonds. The number of halogens is 1. The van der Waals surface area contributed by atoms with Crippen molar-refractivity contribution in [1.82, 2.24) is 5.16 Å². The predicted octanol–water partition coefficient (Wildman–Crippen LogP) is 3.87. The fraction of sp³-hybridized carbons (Fsp3) is 0.105. The highest BCUT2D eigenvalue weighted by atomic mass is 35.5. The van der Waals surface area contributed by atoms with Crippen molar-refractivity contribution in [1.29, 1.82) is 0 Å². The van der Waals surface area contributed by atoms with Crippen molar-refractivity contribution in [3.8, 4) is 11.6 Å². The van der Waals surface area contributed by atoms with Crippen LogP contribution in [0.5, 0.6) is 11.6 Å². The molecule has 1 aromatic heterocycles. The molecule has 3 aromatic rings. The third kappa shape index (κ3) is 5.32. The molecular formula is C19H15ClN2O5. The maximum absolute atomic E-state index is 12.1. The summed E-state index contributed by atoms with van der Waals surface area (Å²) in [6.45, 7) is 1.41. The largest absolute Gasteiger partial charge is 0.463 e. The average Bonchev–Trinajstić information content (AvgIpc) is 3.07. The van der Waals surface area contributed by atoms with Crippen molar-refractivity contribution in [3.63, 3.8) is 0 Å². The number of carbonyl (C=O) groups excluding carboxylic acids is 2. The molecule has 2 aromatic carbocycles. The van der Waals surface area contributed by atoms with Crippen molar-refractivity contribution in [2.45, 2.75) is 6.92 Å². The Morgan fingerprint density at radius 1 is 1.11 bits per heavy atom. The summed E-state index contributed by atoms with van der Waals surface area (Å²) in [6, 6.07) is 14.5. The monoisotopic (exact) mass is 386 g/mol. The van der Waals surface area contributed by atoms with Crippen LogP contribution in [-0.2, 0) is 4.79 Å². The minimum absolute atomic E-state index is 0.213. The van der Waals surface area contributed by atoms with Gasteiger partial charge < -0.3 is 19.3 Å². The van der Waals surface area contributed by atoms with Crippen LogP contribution >= 0.6 is 11.6 Å². The van der Waals surface area contributed by atoms with Gasteiger partial charge in [-0.1, -0.05) is 11.6 Å². The zero-order chi connectivity index (χ0) is 19.2. The quantitative estimate of drug-likeness (QED) is 0.510. The van der Waals surface area contributed by atoms with Crippen LogP contribution < -0.4 is 14.8 Å². The topological polar surface area (TPSA) is 90.7 Å². The van der Waals surface area contributed by atoms with Crippen molar-refractivity contribution in [2.24, 2.45) is 0 Å². The molecule has 0 fully saturated rings. The Morgan fingerprint density at radius 3 is 2.44 bits per heavy atom. The Bertz CT molecular complexity index is 935. The summed E-state index contributed by atoms with van der Waals surface area (Å²) in [5.41, 5.74) is 1.04. The van der Waals surface area contributed by atoms with Gasteiger partial charge in [-0.25, -0.2) is 4.79 Å². The summed E-state index contributed by atoms with van der Waals surface area (Å²) in [5.74, 6) is 0.255. The third-order valence-electron chi connectivity index (χ3n) is 3.39. The average molecular weight is 387 g/mol. The van der Waals surface area contributed by atoms with E-state index in [1.165, 1.54) is 0 Å². The number of nitrogens with zero attached hydrogens (tertiary/aromatic N) is 1. The van der Waals surface area contributed by atoms with Crippen LogP contribution in [0.15, 0.2) is 59.1 Å². The van der Waals surface area contributed by atoms with Crippen molar-refractivity contribution >= 4 is 29.2 Å². The fourth-order valence-corrected chi connectivity index (χ4v) is 2.24. The van der Waals surface area contributed by atoms with Gasteiger partial charge in [0.2, 0.25) is 0 Å². The molecule has 1 N–H and O–H groups in total. The summed E-state index contributed by atoms with van der Waals surface area (Å²) in [6.07, 6.45) is 0. The van der Waals surface area contributed by atoms with Crippen molar-refractivity contribution in [2.75, 3.05) is 11.9 Å². The number of aryl methyl sites for hydroxylation is 1. The molecule has 0 aliphatic heterocycles. The second kappa shape index (κ2) is 8.37. The highest BCUT2D eigenvalue weighted by molar-refractivity contribution is 6.30. The van der Waals surface area contributed by atoms with Crippen molar-refractivity contribution in [3.05, 3.63) is 70.9 Å². The van der Waals surface area contributed by atoms with E-state index >= 15 is 0 Å². The molecule has 3 rings (SSSR count). The normalized spacial score (nSPS) is 10.3. The van der Waals surface area contributed by atoms with Gasteiger partial charge in [-0.3, -0.25) is 4.79 Å². The van der Waals surface area contributed by atoms with E-state index in [0.29, 0.717) is 27.8 Å². The van der Waals surface area contributed by atoms with E-state index in [-0.39, 0.29) is 18.4 Å².